The van der Waals surface area contributed by atoms with Gasteiger partial charge < -0.3 is 9.84 Å². The van der Waals surface area contributed by atoms with E-state index in [4.69, 9.17) is 4.74 Å². The third-order valence-corrected chi connectivity index (χ3v) is 2.88. The molecule has 1 N–H and O–H groups in total. The summed E-state index contributed by atoms with van der Waals surface area (Å²) in [6.45, 7) is 6.61. The summed E-state index contributed by atoms with van der Waals surface area (Å²) in [7, 11) is 0. The van der Waals surface area contributed by atoms with Crippen molar-refractivity contribution in [3.63, 3.8) is 0 Å². The van der Waals surface area contributed by atoms with Crippen molar-refractivity contribution in [2.75, 3.05) is 13.2 Å². The van der Waals surface area contributed by atoms with Gasteiger partial charge in [0.15, 0.2) is 0 Å². The first-order valence-electron chi connectivity index (χ1n) is 6.32. The van der Waals surface area contributed by atoms with Crippen LogP contribution in [0.25, 0.3) is 0 Å². The smallest absolute Gasteiger partial charge is 0.236 e. The molecule has 0 saturated carbocycles. The lowest BCUT2D eigenvalue weighted by atomic mass is 10.1. The van der Waals surface area contributed by atoms with Gasteiger partial charge in [-0.25, -0.2) is 9.98 Å². The summed E-state index contributed by atoms with van der Waals surface area (Å²) in [4.78, 5) is 8.97. The molecular formula is C14H20N2O2. The van der Waals surface area contributed by atoms with Crippen LogP contribution in [-0.4, -0.2) is 34.7 Å². The molecule has 1 aliphatic rings. The lowest BCUT2D eigenvalue weighted by molar-refractivity contribution is 0.170. The Morgan fingerprint density at radius 2 is 2.22 bits per heavy atom. The molecule has 1 unspecified atom stereocenters. The minimum atomic E-state index is -0.523. The summed E-state index contributed by atoms with van der Waals surface area (Å²) < 4.78 is 5.53. The number of nitrogens with zero attached hydrogens (tertiary/aromatic N) is 2. The molecule has 2 heterocycles. The number of aliphatic hydroxyl groups is 1. The third kappa shape index (κ3) is 2.88. The summed E-state index contributed by atoms with van der Waals surface area (Å²) in [6.07, 6.45) is 0.943. The molecule has 0 fully saturated rings. The fraction of sp³-hybridized carbons (Fsp3) is 0.571. The van der Waals surface area contributed by atoms with Crippen LogP contribution < -0.4 is 0 Å². The summed E-state index contributed by atoms with van der Waals surface area (Å²) >= 11 is 0. The predicted octanol–water partition coefficient (Wildman–Crippen LogP) is 1.81. The number of aromatic nitrogens is 1. The van der Waals surface area contributed by atoms with Crippen LogP contribution in [0.4, 0.5) is 0 Å². The van der Waals surface area contributed by atoms with E-state index in [0.717, 1.165) is 17.8 Å². The van der Waals surface area contributed by atoms with Crippen LogP contribution in [0.2, 0.25) is 0 Å². The molecule has 1 aliphatic heterocycles. The van der Waals surface area contributed by atoms with E-state index in [1.54, 1.807) is 0 Å². The van der Waals surface area contributed by atoms with E-state index in [1.165, 1.54) is 0 Å². The molecular weight excluding hydrogens is 228 g/mol. The van der Waals surface area contributed by atoms with E-state index < -0.39 is 5.54 Å². The van der Waals surface area contributed by atoms with Crippen LogP contribution >= 0.6 is 0 Å². The van der Waals surface area contributed by atoms with Crippen LogP contribution in [0.15, 0.2) is 23.2 Å². The van der Waals surface area contributed by atoms with Gasteiger partial charge in [0.2, 0.25) is 5.90 Å². The number of aliphatic imine (C=N–C) groups is 1. The highest BCUT2D eigenvalue weighted by Crippen LogP contribution is 2.20. The first-order chi connectivity index (χ1) is 8.52. The van der Waals surface area contributed by atoms with Gasteiger partial charge in [-0.1, -0.05) is 19.9 Å². The lowest BCUT2D eigenvalue weighted by Crippen LogP contribution is -2.28. The molecule has 4 nitrogen and oxygen atoms in total. The Hall–Kier alpha value is -1.42. The molecule has 0 aliphatic carbocycles. The number of aliphatic hydroxyl groups excluding tert-OH is 1. The Morgan fingerprint density at radius 3 is 2.83 bits per heavy atom. The van der Waals surface area contributed by atoms with Crippen molar-refractivity contribution in [3.8, 4) is 0 Å². The zero-order valence-corrected chi connectivity index (χ0v) is 11.2. The standard InChI is InChI=1S/C14H20N2O2/c1-10(2)7-11-5-4-6-12(15-11)13-16-14(3,8-17)9-18-13/h4-6,10,17H,7-9H2,1-3H3. The number of ether oxygens (including phenoxy) is 1. The van der Waals surface area contributed by atoms with Crippen LogP contribution in [0.3, 0.4) is 0 Å². The van der Waals surface area contributed by atoms with Crippen LogP contribution in [0.5, 0.6) is 0 Å². The van der Waals surface area contributed by atoms with Gasteiger partial charge in [0.1, 0.15) is 17.8 Å². The average molecular weight is 248 g/mol. The Balaban J connectivity index is 2.22. The molecule has 4 heteroatoms. The quantitative estimate of drug-likeness (QED) is 0.884. The normalized spacial score (nSPS) is 23.1. The molecule has 0 saturated heterocycles. The van der Waals surface area contributed by atoms with Gasteiger partial charge in [-0.2, -0.15) is 0 Å². The van der Waals surface area contributed by atoms with Crippen LogP contribution in [0, 0.1) is 5.92 Å². The van der Waals surface area contributed by atoms with E-state index in [1.807, 2.05) is 25.1 Å². The molecule has 0 aromatic carbocycles. The first-order valence-corrected chi connectivity index (χ1v) is 6.32. The van der Waals surface area contributed by atoms with Crippen LogP contribution in [-0.2, 0) is 11.2 Å². The second kappa shape index (κ2) is 5.06. The van der Waals surface area contributed by atoms with E-state index in [-0.39, 0.29) is 6.61 Å². The molecule has 0 radical (unpaired) electrons. The first kappa shape index (κ1) is 13.0. The van der Waals surface area contributed by atoms with Crippen molar-refractivity contribution in [2.24, 2.45) is 10.9 Å². The fourth-order valence-electron chi connectivity index (χ4n) is 1.88. The van der Waals surface area contributed by atoms with E-state index in [0.29, 0.717) is 18.4 Å². The van der Waals surface area contributed by atoms with Crippen molar-refractivity contribution in [3.05, 3.63) is 29.6 Å². The Labute approximate surface area is 108 Å². The number of hydrogen-bond donors (Lipinski definition) is 1. The zero-order chi connectivity index (χ0) is 13.2. The maximum Gasteiger partial charge on any atom is 0.236 e. The van der Waals surface area contributed by atoms with Gasteiger partial charge in [-0.3, -0.25) is 0 Å². The summed E-state index contributed by atoms with van der Waals surface area (Å²) in [5.41, 5.74) is 1.28. The Bertz CT molecular complexity index is 457. The molecule has 2 rings (SSSR count). The van der Waals surface area contributed by atoms with Gasteiger partial charge in [0.05, 0.1) is 6.61 Å². The van der Waals surface area contributed by atoms with E-state index in [9.17, 15) is 5.11 Å². The molecule has 0 bridgehead atoms. The van der Waals surface area contributed by atoms with E-state index >= 15 is 0 Å². The number of hydrogen-bond acceptors (Lipinski definition) is 4. The maximum atomic E-state index is 9.26. The summed E-state index contributed by atoms with van der Waals surface area (Å²) in [6, 6.07) is 5.89. The maximum absolute atomic E-state index is 9.26. The van der Waals surface area contributed by atoms with E-state index in [2.05, 4.69) is 23.8 Å². The molecule has 0 spiro atoms. The third-order valence-electron chi connectivity index (χ3n) is 2.88. The number of pyridine rings is 1. The van der Waals surface area contributed by atoms with Gasteiger partial charge in [-0.05, 0) is 31.4 Å². The van der Waals surface area contributed by atoms with Crippen LogP contribution in [0.1, 0.15) is 32.2 Å². The van der Waals surface area contributed by atoms with Crippen molar-refractivity contribution in [2.45, 2.75) is 32.7 Å². The zero-order valence-electron chi connectivity index (χ0n) is 11.2. The van der Waals surface area contributed by atoms with Gasteiger partial charge in [-0.15, -0.1) is 0 Å². The fourth-order valence-corrected chi connectivity index (χ4v) is 1.88. The highest BCUT2D eigenvalue weighted by atomic mass is 16.5. The second-order valence-corrected chi connectivity index (χ2v) is 5.47. The summed E-state index contributed by atoms with van der Waals surface area (Å²) in [5, 5.41) is 9.26. The van der Waals surface area contributed by atoms with Crippen molar-refractivity contribution < 1.29 is 9.84 Å². The molecule has 98 valence electrons. The minimum absolute atomic E-state index is 0.0117. The minimum Gasteiger partial charge on any atom is -0.474 e. The van der Waals surface area contributed by atoms with Gasteiger partial charge in [0, 0.05) is 5.69 Å². The lowest BCUT2D eigenvalue weighted by Gasteiger charge is -2.12. The molecule has 1 atom stereocenters. The monoisotopic (exact) mass is 248 g/mol. The largest absolute Gasteiger partial charge is 0.474 e. The molecule has 0 amide bonds. The number of rotatable bonds is 4. The highest BCUT2D eigenvalue weighted by molar-refractivity contribution is 5.93. The van der Waals surface area contributed by atoms with Crippen molar-refractivity contribution in [1.29, 1.82) is 0 Å². The SMILES string of the molecule is CC(C)Cc1cccc(C2=NC(C)(CO)CO2)n1. The molecule has 18 heavy (non-hydrogen) atoms. The average Bonchev–Trinajstić information content (AvgIpc) is 2.72. The molecule has 1 aromatic rings. The second-order valence-electron chi connectivity index (χ2n) is 5.47. The van der Waals surface area contributed by atoms with Crippen molar-refractivity contribution in [1.82, 2.24) is 4.98 Å². The highest BCUT2D eigenvalue weighted by Gasteiger charge is 2.32. The Morgan fingerprint density at radius 1 is 1.44 bits per heavy atom. The predicted molar refractivity (Wildman–Crippen MR) is 70.8 cm³/mol. The topological polar surface area (TPSA) is 54.7 Å². The van der Waals surface area contributed by atoms with Gasteiger partial charge >= 0.3 is 0 Å². The van der Waals surface area contributed by atoms with Crippen molar-refractivity contribution >= 4 is 5.90 Å². The Kier molecular flexibility index (Phi) is 3.66. The molecule has 1 aromatic heterocycles. The summed E-state index contributed by atoms with van der Waals surface area (Å²) in [5.74, 6) is 1.11. The van der Waals surface area contributed by atoms with Gasteiger partial charge in [0.25, 0.3) is 0 Å².